The molecular weight excluding hydrogens is 377 g/mol. The minimum absolute atomic E-state index is 0.132. The Labute approximate surface area is 170 Å². The molecule has 0 radical (unpaired) electrons. The Kier molecular flexibility index (Phi) is 7.90. The number of hydrogen-bond acceptors (Lipinski definition) is 1. The summed E-state index contributed by atoms with van der Waals surface area (Å²) in [7, 11) is 0.227. The molecule has 0 amide bonds. The van der Waals surface area contributed by atoms with Crippen LogP contribution in [0.5, 0.6) is 5.75 Å². The van der Waals surface area contributed by atoms with Crippen molar-refractivity contribution in [2.45, 2.75) is 83.2 Å². The van der Waals surface area contributed by atoms with Gasteiger partial charge in [0.2, 0.25) is 0 Å². The van der Waals surface area contributed by atoms with E-state index in [1.165, 1.54) is 63.5 Å². The second-order valence-corrected chi connectivity index (χ2v) is 10.7. The van der Waals surface area contributed by atoms with Crippen molar-refractivity contribution in [3.8, 4) is 5.75 Å². The summed E-state index contributed by atoms with van der Waals surface area (Å²) >= 11 is 0. The molecule has 5 heteroatoms. The minimum Gasteiger partial charge on any atom is -0.406 e. The van der Waals surface area contributed by atoms with Crippen molar-refractivity contribution < 1.29 is 17.9 Å². The first kappa shape index (κ1) is 21.7. The summed E-state index contributed by atoms with van der Waals surface area (Å²) in [5.74, 6) is 3.64. The summed E-state index contributed by atoms with van der Waals surface area (Å²) in [5.41, 5.74) is 1.11. The summed E-state index contributed by atoms with van der Waals surface area (Å²) in [6.07, 6.45) is 8.86. The zero-order chi connectivity index (χ0) is 20.0. The first-order valence-corrected chi connectivity index (χ1v) is 13.7. The molecule has 1 aromatic carbocycles. The van der Waals surface area contributed by atoms with E-state index in [0.29, 0.717) is 0 Å². The van der Waals surface area contributed by atoms with Gasteiger partial charge in [-0.25, -0.2) is 0 Å². The summed E-state index contributed by atoms with van der Waals surface area (Å²) < 4.78 is 40.6. The fraction of sp³-hybridized carbons (Fsp3) is 0.739. The van der Waals surface area contributed by atoms with E-state index < -0.39 is 6.36 Å². The van der Waals surface area contributed by atoms with Crippen molar-refractivity contribution in [2.75, 3.05) is 0 Å². The predicted molar refractivity (Wildman–Crippen MR) is 112 cm³/mol. The van der Waals surface area contributed by atoms with Gasteiger partial charge in [0.15, 0.2) is 0 Å². The number of benzene rings is 1. The minimum atomic E-state index is -4.61. The Morgan fingerprint density at radius 3 is 1.89 bits per heavy atom. The largest absolute Gasteiger partial charge is 0.573 e. The highest BCUT2D eigenvalue weighted by Crippen LogP contribution is 2.42. The Hall–Kier alpha value is -0.973. The summed E-state index contributed by atoms with van der Waals surface area (Å²) in [5, 5.41) is 0. The van der Waals surface area contributed by atoms with Gasteiger partial charge in [-0.1, -0.05) is 50.4 Å². The molecule has 0 aromatic heterocycles. The van der Waals surface area contributed by atoms with Crippen LogP contribution in [0.3, 0.4) is 0 Å². The maximum Gasteiger partial charge on any atom is 0.573 e. The molecule has 1 nitrogen and oxygen atoms in total. The lowest BCUT2D eigenvalue weighted by atomic mass is 9.69. The zero-order valence-electron chi connectivity index (χ0n) is 17.1. The van der Waals surface area contributed by atoms with Gasteiger partial charge in [0.05, 0.1) is 0 Å². The van der Waals surface area contributed by atoms with Crippen molar-refractivity contribution in [3.05, 3.63) is 29.8 Å². The van der Waals surface area contributed by atoms with Crippen LogP contribution >= 0.6 is 0 Å². The van der Waals surface area contributed by atoms with Gasteiger partial charge in [-0.3, -0.25) is 0 Å². The number of rotatable bonds is 7. The third-order valence-corrected chi connectivity index (χ3v) is 8.54. The van der Waals surface area contributed by atoms with Gasteiger partial charge in [-0.2, -0.15) is 0 Å². The molecule has 0 heterocycles. The van der Waals surface area contributed by atoms with Gasteiger partial charge >= 0.3 is 6.36 Å². The van der Waals surface area contributed by atoms with Crippen molar-refractivity contribution in [3.63, 3.8) is 0 Å². The van der Waals surface area contributed by atoms with Gasteiger partial charge in [-0.15, -0.1) is 13.2 Å². The molecule has 2 aliphatic carbocycles. The lowest BCUT2D eigenvalue weighted by molar-refractivity contribution is -0.274. The lowest BCUT2D eigenvalue weighted by Gasteiger charge is -2.38. The number of alkyl halides is 3. The highest BCUT2D eigenvalue weighted by Gasteiger charge is 2.31. The molecule has 1 aromatic rings. The van der Waals surface area contributed by atoms with Crippen molar-refractivity contribution in [1.29, 1.82) is 0 Å². The molecule has 2 fully saturated rings. The maximum absolute atomic E-state index is 12.2. The van der Waals surface area contributed by atoms with E-state index in [0.717, 1.165) is 42.1 Å². The first-order chi connectivity index (χ1) is 13.4. The van der Waals surface area contributed by atoms with Crippen molar-refractivity contribution >= 4 is 9.52 Å². The molecule has 0 saturated heterocycles. The smallest absolute Gasteiger partial charge is 0.406 e. The molecule has 0 unspecified atom stereocenters. The van der Waals surface area contributed by atoms with E-state index in [1.54, 1.807) is 18.2 Å². The highest BCUT2D eigenvalue weighted by atomic mass is 28.2. The van der Waals surface area contributed by atoms with Crippen LogP contribution in [0.25, 0.3) is 0 Å². The third-order valence-electron chi connectivity index (χ3n) is 7.14. The number of ether oxygens (including phenoxy) is 1. The normalized spacial score (nSPS) is 29.3. The first-order valence-electron chi connectivity index (χ1n) is 11.3. The van der Waals surface area contributed by atoms with E-state index in [1.807, 2.05) is 0 Å². The van der Waals surface area contributed by atoms with Crippen molar-refractivity contribution in [1.82, 2.24) is 0 Å². The number of aryl methyl sites for hydroxylation is 1. The summed E-state index contributed by atoms with van der Waals surface area (Å²) in [6.45, 7) is 2.44. The van der Waals surface area contributed by atoms with Crippen LogP contribution in [0.15, 0.2) is 24.3 Å². The molecule has 3 rings (SSSR count). The van der Waals surface area contributed by atoms with Gasteiger partial charge < -0.3 is 4.74 Å². The molecule has 158 valence electrons. The second-order valence-electron chi connectivity index (χ2n) is 9.08. The maximum atomic E-state index is 12.2. The SMILES string of the molecule is C[SiH2]C[C@H]1CC[C@H]([C@H]2CC[C@H](CCc3ccc(OC(F)(F)F)cc3)CC2)CC1. The molecule has 0 bridgehead atoms. The quantitative estimate of drug-likeness (QED) is 0.449. The van der Waals surface area contributed by atoms with E-state index in [4.69, 9.17) is 0 Å². The fourth-order valence-electron chi connectivity index (χ4n) is 5.53. The Morgan fingerprint density at radius 2 is 1.39 bits per heavy atom. The van der Waals surface area contributed by atoms with E-state index >= 15 is 0 Å². The zero-order valence-corrected chi connectivity index (χ0v) is 18.6. The molecule has 0 spiro atoms. The van der Waals surface area contributed by atoms with Crippen LogP contribution in [-0.2, 0) is 6.42 Å². The van der Waals surface area contributed by atoms with Crippen LogP contribution in [0.1, 0.15) is 63.4 Å². The molecule has 0 N–H and O–H groups in total. The standard InChI is InChI=1S/C23H35F3OSi/c1-28-16-19-6-12-21(13-7-19)20-10-4-17(5-11-20)2-3-18-8-14-22(15-9-18)27-23(24,25)26/h8-9,14-15,17,19-21H,2-7,10-13,16,28H2,1H3/t17-,19-,20-,21-. The lowest BCUT2D eigenvalue weighted by Crippen LogP contribution is -2.26. The molecule has 0 atom stereocenters. The van der Waals surface area contributed by atoms with Crippen LogP contribution in [0, 0.1) is 23.7 Å². The molecule has 28 heavy (non-hydrogen) atoms. The van der Waals surface area contributed by atoms with Gasteiger partial charge in [0.1, 0.15) is 5.75 Å². The predicted octanol–water partition coefficient (Wildman–Crippen LogP) is 6.77. The van der Waals surface area contributed by atoms with Crippen LogP contribution < -0.4 is 4.74 Å². The second kappa shape index (κ2) is 10.2. The molecule has 2 aliphatic rings. The Morgan fingerprint density at radius 1 is 0.857 bits per heavy atom. The molecule has 2 saturated carbocycles. The average molecular weight is 413 g/mol. The number of hydrogen-bond donors (Lipinski definition) is 0. The number of halogens is 3. The van der Waals surface area contributed by atoms with Crippen LogP contribution in [0.2, 0.25) is 12.6 Å². The van der Waals surface area contributed by atoms with Gasteiger partial charge in [0.25, 0.3) is 0 Å². The van der Waals surface area contributed by atoms with Gasteiger partial charge in [0, 0.05) is 9.52 Å². The Bertz CT molecular complexity index is 571. The van der Waals surface area contributed by atoms with E-state index in [-0.39, 0.29) is 15.3 Å². The van der Waals surface area contributed by atoms with Crippen molar-refractivity contribution in [2.24, 2.45) is 23.7 Å². The van der Waals surface area contributed by atoms with E-state index in [2.05, 4.69) is 11.3 Å². The monoisotopic (exact) mass is 412 g/mol. The fourth-order valence-corrected chi connectivity index (χ4v) is 6.93. The highest BCUT2D eigenvalue weighted by molar-refractivity contribution is 6.33. The summed E-state index contributed by atoms with van der Waals surface area (Å²) in [6, 6.07) is 7.95. The van der Waals surface area contributed by atoms with Crippen LogP contribution in [0.4, 0.5) is 13.2 Å². The molecule has 0 aliphatic heterocycles. The average Bonchev–Trinajstić information content (AvgIpc) is 2.68. The topological polar surface area (TPSA) is 9.23 Å². The van der Waals surface area contributed by atoms with E-state index in [9.17, 15) is 13.2 Å². The molecular formula is C23H35F3OSi. The third kappa shape index (κ3) is 6.82. The van der Waals surface area contributed by atoms with Gasteiger partial charge in [-0.05, 0) is 79.9 Å². The summed E-state index contributed by atoms with van der Waals surface area (Å²) in [4.78, 5) is 0. The van der Waals surface area contributed by atoms with Crippen LogP contribution in [-0.4, -0.2) is 15.9 Å². The Balaban J connectivity index is 1.36.